The minimum absolute atomic E-state index is 0.209. The summed E-state index contributed by atoms with van der Waals surface area (Å²) in [6.45, 7) is 7.90. The van der Waals surface area contributed by atoms with E-state index in [1.165, 1.54) is 38.5 Å². The van der Waals surface area contributed by atoms with Crippen LogP contribution in [0.1, 0.15) is 59.3 Å². The lowest BCUT2D eigenvalue weighted by Gasteiger charge is -2.39. The Morgan fingerprint density at radius 2 is 2.06 bits per heavy atom. The Labute approximate surface area is 115 Å². The SMILES string of the molecule is CCC(CC)COC1(CI)CCCC(C)C1. The zero-order valence-electron chi connectivity index (χ0n) is 11.1. The van der Waals surface area contributed by atoms with Crippen molar-refractivity contribution < 1.29 is 4.74 Å². The second-order valence-electron chi connectivity index (χ2n) is 5.51. The molecule has 1 aliphatic rings. The van der Waals surface area contributed by atoms with Gasteiger partial charge in [-0.05, 0) is 24.7 Å². The summed E-state index contributed by atoms with van der Waals surface area (Å²) < 4.78 is 7.49. The lowest BCUT2D eigenvalue weighted by atomic mass is 9.80. The number of hydrogen-bond acceptors (Lipinski definition) is 1. The molecule has 0 bridgehead atoms. The van der Waals surface area contributed by atoms with Crippen LogP contribution in [0, 0.1) is 11.8 Å². The van der Waals surface area contributed by atoms with E-state index in [0.717, 1.165) is 22.9 Å². The van der Waals surface area contributed by atoms with Crippen LogP contribution in [0.2, 0.25) is 0 Å². The molecule has 1 fully saturated rings. The van der Waals surface area contributed by atoms with Gasteiger partial charge >= 0.3 is 0 Å². The summed E-state index contributed by atoms with van der Waals surface area (Å²) in [7, 11) is 0. The van der Waals surface area contributed by atoms with Crippen molar-refractivity contribution in [1.82, 2.24) is 0 Å². The first kappa shape index (κ1) is 14.7. The fourth-order valence-corrected chi connectivity index (χ4v) is 3.63. The maximum Gasteiger partial charge on any atom is 0.0774 e. The monoisotopic (exact) mass is 338 g/mol. The summed E-state index contributed by atoms with van der Waals surface area (Å²) in [6, 6.07) is 0. The third kappa shape index (κ3) is 4.17. The Kier molecular flexibility index (Phi) is 6.63. The van der Waals surface area contributed by atoms with Crippen LogP contribution < -0.4 is 0 Å². The molecule has 0 radical (unpaired) electrons. The average molecular weight is 338 g/mol. The highest BCUT2D eigenvalue weighted by Gasteiger charge is 2.35. The van der Waals surface area contributed by atoms with Crippen LogP contribution in [0.15, 0.2) is 0 Å². The van der Waals surface area contributed by atoms with Gasteiger partial charge in [-0.3, -0.25) is 0 Å². The van der Waals surface area contributed by atoms with Crippen LogP contribution in [0.25, 0.3) is 0 Å². The Hall–Kier alpha value is 0.690. The normalized spacial score (nSPS) is 30.9. The van der Waals surface area contributed by atoms with Gasteiger partial charge in [0.1, 0.15) is 0 Å². The predicted molar refractivity (Wildman–Crippen MR) is 79.3 cm³/mol. The van der Waals surface area contributed by atoms with E-state index >= 15 is 0 Å². The van der Waals surface area contributed by atoms with Crippen molar-refractivity contribution >= 4 is 22.6 Å². The lowest BCUT2D eigenvalue weighted by Crippen LogP contribution is -2.40. The molecule has 0 heterocycles. The van der Waals surface area contributed by atoms with Crippen LogP contribution in [-0.2, 0) is 4.74 Å². The lowest BCUT2D eigenvalue weighted by molar-refractivity contribution is -0.0757. The molecule has 2 heteroatoms. The third-order valence-corrected chi connectivity index (χ3v) is 5.46. The number of ether oxygens (including phenoxy) is 1. The molecule has 96 valence electrons. The summed E-state index contributed by atoms with van der Waals surface area (Å²) >= 11 is 2.52. The van der Waals surface area contributed by atoms with Crippen LogP contribution in [0.4, 0.5) is 0 Å². The first-order valence-electron chi connectivity index (χ1n) is 6.85. The summed E-state index contributed by atoms with van der Waals surface area (Å²) in [5.41, 5.74) is 0.209. The van der Waals surface area contributed by atoms with Crippen LogP contribution >= 0.6 is 22.6 Å². The van der Waals surface area contributed by atoms with Gasteiger partial charge in [0.15, 0.2) is 0 Å². The predicted octanol–water partition coefficient (Wildman–Crippen LogP) is 4.82. The largest absolute Gasteiger partial charge is 0.374 e. The van der Waals surface area contributed by atoms with Crippen LogP contribution in [0.3, 0.4) is 0 Å². The number of halogens is 1. The summed E-state index contributed by atoms with van der Waals surface area (Å²) in [5.74, 6) is 1.61. The maximum absolute atomic E-state index is 6.33. The minimum Gasteiger partial charge on any atom is -0.374 e. The fraction of sp³-hybridized carbons (Fsp3) is 1.00. The molecule has 2 atom stereocenters. The molecule has 0 N–H and O–H groups in total. The van der Waals surface area contributed by atoms with Gasteiger partial charge in [-0.1, -0.05) is 69.0 Å². The molecule has 0 amide bonds. The van der Waals surface area contributed by atoms with E-state index in [-0.39, 0.29) is 5.60 Å². The molecule has 1 aliphatic carbocycles. The third-order valence-electron chi connectivity index (χ3n) is 4.07. The molecule has 1 saturated carbocycles. The van der Waals surface area contributed by atoms with Crippen molar-refractivity contribution in [2.24, 2.45) is 11.8 Å². The van der Waals surface area contributed by atoms with Gasteiger partial charge in [0.25, 0.3) is 0 Å². The topological polar surface area (TPSA) is 9.23 Å². The minimum atomic E-state index is 0.209. The van der Waals surface area contributed by atoms with E-state index in [2.05, 4.69) is 43.4 Å². The molecule has 2 unspecified atom stereocenters. The molecule has 16 heavy (non-hydrogen) atoms. The van der Waals surface area contributed by atoms with Gasteiger partial charge in [0.2, 0.25) is 0 Å². The Bertz CT molecular complexity index is 191. The molecule has 0 aromatic rings. The summed E-state index contributed by atoms with van der Waals surface area (Å²) in [5, 5.41) is 0. The fourth-order valence-electron chi connectivity index (χ4n) is 2.72. The van der Waals surface area contributed by atoms with Crippen LogP contribution in [0.5, 0.6) is 0 Å². The smallest absolute Gasteiger partial charge is 0.0774 e. The zero-order valence-corrected chi connectivity index (χ0v) is 13.3. The van der Waals surface area contributed by atoms with Gasteiger partial charge in [-0.25, -0.2) is 0 Å². The highest BCUT2D eigenvalue weighted by atomic mass is 127. The Morgan fingerprint density at radius 1 is 1.38 bits per heavy atom. The molecular formula is C14H27IO. The highest BCUT2D eigenvalue weighted by molar-refractivity contribution is 14.1. The van der Waals surface area contributed by atoms with Gasteiger partial charge in [0.05, 0.1) is 12.2 Å². The van der Waals surface area contributed by atoms with E-state index in [1.54, 1.807) is 0 Å². The van der Waals surface area contributed by atoms with E-state index in [1.807, 2.05) is 0 Å². The second kappa shape index (κ2) is 7.20. The Morgan fingerprint density at radius 3 is 2.56 bits per heavy atom. The average Bonchev–Trinajstić information content (AvgIpc) is 2.30. The van der Waals surface area contributed by atoms with E-state index in [4.69, 9.17) is 4.74 Å². The van der Waals surface area contributed by atoms with Crippen molar-refractivity contribution in [3.05, 3.63) is 0 Å². The zero-order chi connectivity index (χ0) is 12.0. The first-order valence-corrected chi connectivity index (χ1v) is 8.38. The molecule has 0 saturated heterocycles. The molecular weight excluding hydrogens is 311 g/mol. The van der Waals surface area contributed by atoms with Gasteiger partial charge in [0, 0.05) is 4.43 Å². The molecule has 0 aromatic heterocycles. The van der Waals surface area contributed by atoms with Gasteiger partial charge in [-0.15, -0.1) is 0 Å². The number of rotatable bonds is 6. The van der Waals surface area contributed by atoms with E-state index in [0.29, 0.717) is 0 Å². The van der Waals surface area contributed by atoms with Crippen molar-refractivity contribution in [1.29, 1.82) is 0 Å². The van der Waals surface area contributed by atoms with Crippen molar-refractivity contribution in [2.45, 2.75) is 64.9 Å². The molecule has 0 aromatic carbocycles. The molecule has 0 aliphatic heterocycles. The van der Waals surface area contributed by atoms with Crippen molar-refractivity contribution in [2.75, 3.05) is 11.0 Å². The van der Waals surface area contributed by atoms with E-state index < -0.39 is 0 Å². The highest BCUT2D eigenvalue weighted by Crippen LogP contribution is 2.37. The summed E-state index contributed by atoms with van der Waals surface area (Å²) in [6.07, 6.45) is 7.81. The Balaban J connectivity index is 2.46. The maximum atomic E-state index is 6.33. The quantitative estimate of drug-likeness (QED) is 0.498. The summed E-state index contributed by atoms with van der Waals surface area (Å²) in [4.78, 5) is 0. The second-order valence-corrected chi connectivity index (χ2v) is 6.27. The van der Waals surface area contributed by atoms with Crippen molar-refractivity contribution in [3.8, 4) is 0 Å². The number of alkyl halides is 1. The first-order chi connectivity index (χ1) is 7.65. The molecule has 1 nitrogen and oxygen atoms in total. The van der Waals surface area contributed by atoms with Crippen molar-refractivity contribution in [3.63, 3.8) is 0 Å². The van der Waals surface area contributed by atoms with Crippen LogP contribution in [-0.4, -0.2) is 16.6 Å². The van der Waals surface area contributed by atoms with Gasteiger partial charge in [-0.2, -0.15) is 0 Å². The molecule has 0 spiro atoms. The standard InChI is InChI=1S/C14H27IO/c1-4-13(5-2)10-16-14(11-15)8-6-7-12(3)9-14/h12-13H,4-11H2,1-3H3. The molecule has 1 rings (SSSR count). The van der Waals surface area contributed by atoms with Gasteiger partial charge < -0.3 is 4.74 Å². The number of hydrogen-bond donors (Lipinski definition) is 0. The van der Waals surface area contributed by atoms with E-state index in [9.17, 15) is 0 Å².